The van der Waals surface area contributed by atoms with Crippen LogP contribution >= 0.6 is 27.5 Å². The van der Waals surface area contributed by atoms with Gasteiger partial charge in [0.2, 0.25) is 0 Å². The van der Waals surface area contributed by atoms with E-state index in [9.17, 15) is 0 Å². The van der Waals surface area contributed by atoms with Crippen molar-refractivity contribution in [2.75, 3.05) is 0 Å². The maximum atomic E-state index is 5.88. The maximum absolute atomic E-state index is 5.88. The van der Waals surface area contributed by atoms with Gasteiger partial charge >= 0.3 is 0 Å². The predicted molar refractivity (Wildman–Crippen MR) is 92.0 cm³/mol. The van der Waals surface area contributed by atoms with Gasteiger partial charge in [0.25, 0.3) is 0 Å². The lowest BCUT2D eigenvalue weighted by atomic mass is 10.1. The van der Waals surface area contributed by atoms with E-state index in [4.69, 9.17) is 11.6 Å². The van der Waals surface area contributed by atoms with Crippen molar-refractivity contribution in [2.45, 2.75) is 0 Å². The molecule has 0 aliphatic carbocycles. The van der Waals surface area contributed by atoms with Crippen molar-refractivity contribution in [3.63, 3.8) is 0 Å². The fourth-order valence-corrected chi connectivity index (χ4v) is 2.61. The van der Waals surface area contributed by atoms with Gasteiger partial charge in [-0.15, -0.1) is 0 Å². The molecule has 0 bridgehead atoms. The Labute approximate surface area is 131 Å². The third-order valence-corrected chi connectivity index (χ3v) is 3.91. The molecule has 0 radical (unpaired) electrons. The van der Waals surface area contributed by atoms with Crippen LogP contribution in [0.15, 0.2) is 65.1 Å². The minimum Gasteiger partial charge on any atom is -0.0843 e. The summed E-state index contributed by atoms with van der Waals surface area (Å²) in [5.74, 6) is 0. The summed E-state index contributed by atoms with van der Waals surface area (Å²) >= 11 is 9.37. The highest BCUT2D eigenvalue weighted by molar-refractivity contribution is 9.10. The molecule has 0 N–H and O–H groups in total. The molecular weight excluding hydrogens is 332 g/mol. The van der Waals surface area contributed by atoms with Crippen LogP contribution in [0, 0.1) is 0 Å². The number of benzene rings is 3. The lowest BCUT2D eigenvalue weighted by molar-refractivity contribution is 1.65. The molecule has 2 heteroatoms. The number of fused-ring (bicyclic) bond motifs is 1. The molecule has 0 spiro atoms. The Morgan fingerprint density at radius 1 is 0.700 bits per heavy atom. The fraction of sp³-hybridized carbons (Fsp3) is 0. The van der Waals surface area contributed by atoms with Gasteiger partial charge in [-0.25, -0.2) is 0 Å². The van der Waals surface area contributed by atoms with E-state index in [2.05, 4.69) is 64.5 Å². The van der Waals surface area contributed by atoms with Crippen LogP contribution < -0.4 is 0 Å². The molecule has 0 aromatic heterocycles. The Balaban J connectivity index is 1.90. The average molecular weight is 344 g/mol. The van der Waals surface area contributed by atoms with Crippen molar-refractivity contribution < 1.29 is 0 Å². The normalized spacial score (nSPS) is 11.3. The maximum Gasteiger partial charge on any atom is 0.0406 e. The van der Waals surface area contributed by atoms with Gasteiger partial charge < -0.3 is 0 Å². The summed E-state index contributed by atoms with van der Waals surface area (Å²) < 4.78 is 1.11. The first-order chi connectivity index (χ1) is 9.70. The first-order valence-electron chi connectivity index (χ1n) is 6.34. The summed E-state index contributed by atoms with van der Waals surface area (Å²) in [6.45, 7) is 0. The topological polar surface area (TPSA) is 0 Å². The molecule has 0 nitrogen and oxygen atoms in total. The summed E-state index contributed by atoms with van der Waals surface area (Å²) in [6, 6.07) is 20.6. The van der Waals surface area contributed by atoms with E-state index in [-0.39, 0.29) is 0 Å². The highest BCUT2D eigenvalue weighted by atomic mass is 79.9. The van der Waals surface area contributed by atoms with Crippen molar-refractivity contribution in [3.8, 4) is 0 Å². The summed E-state index contributed by atoms with van der Waals surface area (Å²) in [7, 11) is 0. The lowest BCUT2D eigenvalue weighted by Gasteiger charge is -2.01. The third kappa shape index (κ3) is 3.12. The Hall–Kier alpha value is -1.57. The van der Waals surface area contributed by atoms with Gasteiger partial charge in [-0.1, -0.05) is 70.0 Å². The van der Waals surface area contributed by atoms with Gasteiger partial charge in [0.1, 0.15) is 0 Å². The van der Waals surface area contributed by atoms with Gasteiger partial charge in [-0.05, 0) is 52.2 Å². The van der Waals surface area contributed by atoms with Crippen molar-refractivity contribution in [2.24, 2.45) is 0 Å². The molecule has 3 aromatic rings. The Kier molecular flexibility index (Phi) is 3.90. The van der Waals surface area contributed by atoms with Crippen LogP contribution in [0.1, 0.15) is 11.1 Å². The number of rotatable bonds is 2. The molecule has 0 saturated heterocycles. The van der Waals surface area contributed by atoms with Crippen molar-refractivity contribution in [1.29, 1.82) is 0 Å². The summed E-state index contributed by atoms with van der Waals surface area (Å²) in [5.41, 5.74) is 2.33. The molecule has 0 unspecified atom stereocenters. The second kappa shape index (κ2) is 5.82. The number of halogens is 2. The highest BCUT2D eigenvalue weighted by Crippen LogP contribution is 2.22. The third-order valence-electron chi connectivity index (χ3n) is 3.16. The molecule has 0 atom stereocenters. The van der Waals surface area contributed by atoms with Gasteiger partial charge in [-0.2, -0.15) is 0 Å². The van der Waals surface area contributed by atoms with Crippen LogP contribution in [0.5, 0.6) is 0 Å². The van der Waals surface area contributed by atoms with Crippen molar-refractivity contribution in [1.82, 2.24) is 0 Å². The monoisotopic (exact) mass is 342 g/mol. The summed E-state index contributed by atoms with van der Waals surface area (Å²) in [6.07, 6.45) is 4.21. The molecule has 20 heavy (non-hydrogen) atoms. The van der Waals surface area contributed by atoms with Crippen molar-refractivity contribution in [3.05, 3.63) is 81.3 Å². The highest BCUT2D eigenvalue weighted by Gasteiger charge is 1.96. The van der Waals surface area contributed by atoms with Crippen molar-refractivity contribution >= 4 is 50.5 Å². The number of hydrogen-bond acceptors (Lipinski definition) is 0. The first-order valence-corrected chi connectivity index (χ1v) is 7.51. The van der Waals surface area contributed by atoms with E-state index in [0.29, 0.717) is 0 Å². The Bertz CT molecular complexity index is 773. The molecule has 3 rings (SSSR count). The molecule has 3 aromatic carbocycles. The molecule has 0 fully saturated rings. The standard InChI is InChI=1S/C18H12BrCl/c19-17-8-7-15-11-14(3-6-16(15)12-17)2-1-13-4-9-18(20)10-5-13/h1-12H. The largest absolute Gasteiger partial charge is 0.0843 e. The van der Waals surface area contributed by atoms with E-state index >= 15 is 0 Å². The average Bonchev–Trinajstić information content (AvgIpc) is 2.46. The molecular formula is C18H12BrCl. The van der Waals surface area contributed by atoms with E-state index < -0.39 is 0 Å². The van der Waals surface area contributed by atoms with Gasteiger partial charge in [0.05, 0.1) is 0 Å². The van der Waals surface area contributed by atoms with E-state index in [1.54, 1.807) is 0 Å². The van der Waals surface area contributed by atoms with Gasteiger partial charge in [0.15, 0.2) is 0 Å². The molecule has 0 saturated carbocycles. The SMILES string of the molecule is Clc1ccc(C=Cc2ccc3cc(Br)ccc3c2)cc1. The van der Waals surface area contributed by atoms with E-state index in [0.717, 1.165) is 15.1 Å². The van der Waals surface area contributed by atoms with E-state index in [1.165, 1.54) is 16.3 Å². The summed E-state index contributed by atoms with van der Waals surface area (Å²) in [4.78, 5) is 0. The zero-order chi connectivity index (χ0) is 13.9. The molecule has 98 valence electrons. The van der Waals surface area contributed by atoms with Crippen LogP contribution in [-0.4, -0.2) is 0 Å². The van der Waals surface area contributed by atoms with Gasteiger partial charge in [-0.3, -0.25) is 0 Å². The predicted octanol–water partition coefficient (Wildman–Crippen LogP) is 6.43. The minimum absolute atomic E-state index is 0.762. The number of hydrogen-bond donors (Lipinski definition) is 0. The molecule has 0 aliphatic heterocycles. The van der Waals surface area contributed by atoms with Crippen LogP contribution in [-0.2, 0) is 0 Å². The van der Waals surface area contributed by atoms with Crippen LogP contribution in [0.4, 0.5) is 0 Å². The summed E-state index contributed by atoms with van der Waals surface area (Å²) in [5, 5.41) is 3.24. The molecule has 0 aliphatic rings. The lowest BCUT2D eigenvalue weighted by Crippen LogP contribution is -1.76. The smallest absolute Gasteiger partial charge is 0.0406 e. The fourth-order valence-electron chi connectivity index (χ4n) is 2.11. The second-order valence-corrected chi connectivity index (χ2v) is 5.99. The van der Waals surface area contributed by atoms with Crippen LogP contribution in [0.2, 0.25) is 5.02 Å². The molecule has 0 heterocycles. The van der Waals surface area contributed by atoms with E-state index in [1.807, 2.05) is 24.3 Å². The second-order valence-electron chi connectivity index (χ2n) is 4.64. The Morgan fingerprint density at radius 3 is 2.10 bits per heavy atom. The molecule has 0 amide bonds. The minimum atomic E-state index is 0.762. The van der Waals surface area contributed by atoms with Gasteiger partial charge in [0, 0.05) is 9.50 Å². The van der Waals surface area contributed by atoms with Crippen LogP contribution in [0.25, 0.3) is 22.9 Å². The Morgan fingerprint density at radius 2 is 1.30 bits per heavy atom. The zero-order valence-corrected chi connectivity index (χ0v) is 13.0. The van der Waals surface area contributed by atoms with Crippen LogP contribution in [0.3, 0.4) is 0 Å². The first kappa shape index (κ1) is 13.4. The quantitative estimate of drug-likeness (QED) is 0.471. The zero-order valence-electron chi connectivity index (χ0n) is 10.7.